The van der Waals surface area contributed by atoms with Gasteiger partial charge in [-0.3, -0.25) is 4.99 Å². The normalized spacial score (nSPS) is 19.1. The fraction of sp³-hybridized carbons (Fsp3) is 0.500. The molecule has 8 heteroatoms. The molecule has 1 fully saturated rings. The highest BCUT2D eigenvalue weighted by Crippen LogP contribution is 2.32. The van der Waals surface area contributed by atoms with Crippen LogP contribution in [0.4, 0.5) is 5.69 Å². The van der Waals surface area contributed by atoms with Crippen LogP contribution in [0.25, 0.3) is 0 Å². The summed E-state index contributed by atoms with van der Waals surface area (Å²) in [6.07, 6.45) is 4.61. The average Bonchev–Trinajstić information content (AvgIpc) is 3.32. The summed E-state index contributed by atoms with van der Waals surface area (Å²) in [4.78, 5) is 7.21. The van der Waals surface area contributed by atoms with E-state index in [4.69, 9.17) is 18.9 Å². The van der Waals surface area contributed by atoms with Crippen LogP contribution in [0, 0.1) is 5.92 Å². The predicted octanol–water partition coefficient (Wildman–Crippen LogP) is 3.61. The van der Waals surface area contributed by atoms with E-state index in [1.807, 2.05) is 30.3 Å². The molecule has 164 valence electrons. The number of guanidine groups is 1. The Balaban J connectivity index is 0.00000256. The number of nitrogens with one attached hydrogen (secondary N) is 2. The fourth-order valence-electron chi connectivity index (χ4n) is 3.67. The van der Waals surface area contributed by atoms with Gasteiger partial charge in [-0.2, -0.15) is 0 Å². The van der Waals surface area contributed by atoms with Crippen molar-refractivity contribution in [2.45, 2.75) is 19.3 Å². The quantitative estimate of drug-likeness (QED) is 0.341. The van der Waals surface area contributed by atoms with E-state index in [-0.39, 0.29) is 24.0 Å². The summed E-state index contributed by atoms with van der Waals surface area (Å²) >= 11 is 0. The Morgan fingerprint density at radius 2 is 2.07 bits per heavy atom. The summed E-state index contributed by atoms with van der Waals surface area (Å²) in [6, 6.07) is 9.84. The van der Waals surface area contributed by atoms with Crippen molar-refractivity contribution < 1.29 is 13.9 Å². The van der Waals surface area contributed by atoms with Crippen LogP contribution in [0.2, 0.25) is 0 Å². The second-order valence-corrected chi connectivity index (χ2v) is 7.70. The molecule has 3 heterocycles. The van der Waals surface area contributed by atoms with Crippen LogP contribution in [0.1, 0.15) is 18.6 Å². The van der Waals surface area contributed by atoms with Crippen molar-refractivity contribution in [3.63, 3.8) is 0 Å². The van der Waals surface area contributed by atoms with Gasteiger partial charge in [0.2, 0.25) is 0 Å². The molecule has 2 N–H and O–H groups in total. The first-order chi connectivity index (χ1) is 14.3. The molecule has 0 spiro atoms. The average molecular weight is 526 g/mol. The molecule has 1 aromatic carbocycles. The molecule has 4 rings (SSSR count). The molecule has 7 nitrogen and oxygen atoms in total. The van der Waals surface area contributed by atoms with E-state index in [1.54, 1.807) is 6.26 Å². The number of likely N-dealkylation sites (tertiary alicyclic amines) is 1. The van der Waals surface area contributed by atoms with Gasteiger partial charge >= 0.3 is 0 Å². The van der Waals surface area contributed by atoms with E-state index in [0.29, 0.717) is 19.1 Å². The molecule has 2 aromatic rings. The van der Waals surface area contributed by atoms with Crippen LogP contribution >= 0.6 is 24.0 Å². The molecule has 0 bridgehead atoms. The summed E-state index contributed by atoms with van der Waals surface area (Å²) in [5.41, 5.74) is 0.932. The first-order valence-electron chi connectivity index (χ1n) is 10.4. The van der Waals surface area contributed by atoms with Crippen molar-refractivity contribution in [1.29, 1.82) is 0 Å². The second-order valence-electron chi connectivity index (χ2n) is 7.70. The standard InChI is InChI=1S/C22H30N4O3.HI/c1-26-10-8-17(16-26)15-24-22(23-9-7-19-4-2-11-27-19)25-18-5-6-20-21(14-18)29-13-3-12-28-20;/h2,4-6,11,14,17H,3,7-10,12-13,15-16H2,1H3,(H2,23,24,25);1H. The molecule has 0 aliphatic carbocycles. The largest absolute Gasteiger partial charge is 0.490 e. The lowest BCUT2D eigenvalue weighted by atomic mass is 10.1. The number of aliphatic imine (C=N–C) groups is 1. The van der Waals surface area contributed by atoms with Gasteiger partial charge in [0.25, 0.3) is 0 Å². The summed E-state index contributed by atoms with van der Waals surface area (Å²) in [7, 11) is 2.17. The molecule has 1 aromatic heterocycles. The van der Waals surface area contributed by atoms with Gasteiger partial charge < -0.3 is 29.4 Å². The van der Waals surface area contributed by atoms with Crippen molar-refractivity contribution >= 4 is 35.6 Å². The van der Waals surface area contributed by atoms with Gasteiger partial charge in [-0.15, -0.1) is 24.0 Å². The molecular formula is C22H31IN4O3. The zero-order valence-corrected chi connectivity index (χ0v) is 19.8. The van der Waals surface area contributed by atoms with Crippen molar-refractivity contribution in [3.05, 3.63) is 42.4 Å². The summed E-state index contributed by atoms with van der Waals surface area (Å²) in [5, 5.41) is 6.85. The lowest BCUT2D eigenvalue weighted by molar-refractivity contribution is 0.297. The van der Waals surface area contributed by atoms with Gasteiger partial charge in [0, 0.05) is 44.2 Å². The lowest BCUT2D eigenvalue weighted by Crippen LogP contribution is -2.33. The minimum atomic E-state index is 0. The van der Waals surface area contributed by atoms with E-state index in [0.717, 1.165) is 67.9 Å². The third kappa shape index (κ3) is 6.53. The highest BCUT2D eigenvalue weighted by molar-refractivity contribution is 14.0. The number of hydrogen-bond donors (Lipinski definition) is 2. The van der Waals surface area contributed by atoms with Gasteiger partial charge in [0.15, 0.2) is 17.5 Å². The van der Waals surface area contributed by atoms with E-state index in [1.165, 1.54) is 6.42 Å². The number of fused-ring (bicyclic) bond motifs is 1. The highest BCUT2D eigenvalue weighted by atomic mass is 127. The maximum absolute atomic E-state index is 5.81. The number of halogens is 1. The summed E-state index contributed by atoms with van der Waals surface area (Å²) < 4.78 is 17.0. The Kier molecular flexibility index (Phi) is 8.68. The van der Waals surface area contributed by atoms with E-state index in [9.17, 15) is 0 Å². The maximum atomic E-state index is 5.81. The minimum Gasteiger partial charge on any atom is -0.490 e. The highest BCUT2D eigenvalue weighted by Gasteiger charge is 2.19. The Labute approximate surface area is 195 Å². The van der Waals surface area contributed by atoms with Gasteiger partial charge in [0.1, 0.15) is 5.76 Å². The molecule has 1 saturated heterocycles. The molecule has 0 saturated carbocycles. The predicted molar refractivity (Wildman–Crippen MR) is 129 cm³/mol. The summed E-state index contributed by atoms with van der Waals surface area (Å²) in [5.74, 6) is 3.92. The van der Waals surface area contributed by atoms with Crippen molar-refractivity contribution in [2.75, 3.05) is 51.8 Å². The second kappa shape index (κ2) is 11.5. The summed E-state index contributed by atoms with van der Waals surface area (Å²) in [6.45, 7) is 5.17. The fourth-order valence-corrected chi connectivity index (χ4v) is 3.67. The van der Waals surface area contributed by atoms with Crippen LogP contribution < -0.4 is 20.1 Å². The molecular weight excluding hydrogens is 495 g/mol. The number of hydrogen-bond acceptors (Lipinski definition) is 5. The van der Waals surface area contributed by atoms with E-state index >= 15 is 0 Å². The van der Waals surface area contributed by atoms with E-state index < -0.39 is 0 Å². The SMILES string of the molecule is CN1CCC(CN=C(NCCc2ccco2)Nc2ccc3c(c2)OCCCO3)C1.I. The molecule has 0 amide bonds. The number of nitrogens with zero attached hydrogens (tertiary/aromatic N) is 2. The monoisotopic (exact) mass is 526 g/mol. The van der Waals surface area contributed by atoms with E-state index in [2.05, 4.69) is 22.6 Å². The first-order valence-corrected chi connectivity index (χ1v) is 10.4. The lowest BCUT2D eigenvalue weighted by Gasteiger charge is -2.15. The van der Waals surface area contributed by atoms with Crippen LogP contribution in [0.3, 0.4) is 0 Å². The van der Waals surface area contributed by atoms with Crippen LogP contribution in [-0.2, 0) is 6.42 Å². The number of benzene rings is 1. The van der Waals surface area contributed by atoms with Crippen LogP contribution in [0.5, 0.6) is 11.5 Å². The smallest absolute Gasteiger partial charge is 0.195 e. The molecule has 2 aliphatic rings. The van der Waals surface area contributed by atoms with Gasteiger partial charge in [0.05, 0.1) is 19.5 Å². The van der Waals surface area contributed by atoms with Gasteiger partial charge in [-0.05, 0) is 50.2 Å². The zero-order chi connectivity index (χ0) is 19.9. The van der Waals surface area contributed by atoms with Crippen LogP contribution in [0.15, 0.2) is 46.0 Å². The van der Waals surface area contributed by atoms with Gasteiger partial charge in [-0.1, -0.05) is 0 Å². The molecule has 1 atom stereocenters. The molecule has 2 aliphatic heterocycles. The first kappa shape index (κ1) is 22.7. The van der Waals surface area contributed by atoms with Crippen molar-refractivity contribution in [2.24, 2.45) is 10.9 Å². The third-order valence-corrected chi connectivity index (χ3v) is 5.25. The minimum absolute atomic E-state index is 0. The number of anilines is 1. The maximum Gasteiger partial charge on any atom is 0.195 e. The van der Waals surface area contributed by atoms with Crippen molar-refractivity contribution in [3.8, 4) is 11.5 Å². The number of ether oxygens (including phenoxy) is 2. The molecule has 30 heavy (non-hydrogen) atoms. The Bertz CT molecular complexity index is 813. The van der Waals surface area contributed by atoms with Gasteiger partial charge in [-0.25, -0.2) is 0 Å². The Morgan fingerprint density at radius 3 is 2.83 bits per heavy atom. The third-order valence-electron chi connectivity index (χ3n) is 5.25. The topological polar surface area (TPSA) is 71.3 Å². The zero-order valence-electron chi connectivity index (χ0n) is 17.4. The number of rotatable bonds is 6. The van der Waals surface area contributed by atoms with Crippen molar-refractivity contribution in [1.82, 2.24) is 10.2 Å². The Morgan fingerprint density at radius 1 is 1.20 bits per heavy atom. The molecule has 1 unspecified atom stereocenters. The van der Waals surface area contributed by atoms with Crippen LogP contribution in [-0.4, -0.2) is 57.3 Å². The number of furan rings is 1. The Hall–Kier alpha value is -1.94. The molecule has 0 radical (unpaired) electrons.